The topological polar surface area (TPSA) is 55.1 Å². The number of hydrogen-bond donors (Lipinski definition) is 2. The van der Waals surface area contributed by atoms with E-state index in [1.165, 1.54) is 0 Å². The van der Waals surface area contributed by atoms with Crippen LogP contribution in [0.1, 0.15) is 26.2 Å². The molecule has 0 saturated heterocycles. The highest BCUT2D eigenvalue weighted by Gasteiger charge is 2.26. The predicted molar refractivity (Wildman–Crippen MR) is 39.4 cm³/mol. The van der Waals surface area contributed by atoms with Gasteiger partial charge in [-0.15, -0.1) is 0 Å². The average Bonchev–Trinajstić information content (AvgIpc) is 1.84. The van der Waals surface area contributed by atoms with Crippen LogP contribution in [-0.2, 0) is 4.79 Å². The first-order chi connectivity index (χ1) is 4.72. The maximum Gasteiger partial charge on any atom is 0.219 e. The van der Waals surface area contributed by atoms with Gasteiger partial charge in [-0.05, 0) is 12.8 Å². The molecule has 0 heterocycles. The Kier molecular flexibility index (Phi) is 2.27. The third-order valence-electron chi connectivity index (χ3n) is 1.86. The first-order valence-electron chi connectivity index (χ1n) is 3.77. The highest BCUT2D eigenvalue weighted by Crippen LogP contribution is 2.16. The Morgan fingerprint density at radius 2 is 2.30 bits per heavy atom. The van der Waals surface area contributed by atoms with Gasteiger partial charge in [0.05, 0.1) is 0 Å². The van der Waals surface area contributed by atoms with Crippen molar-refractivity contribution in [2.45, 2.75) is 38.3 Å². The number of carbonyl (C=O) groups excluding carboxylic acids is 1. The van der Waals surface area contributed by atoms with E-state index in [1.54, 1.807) is 0 Å². The summed E-state index contributed by atoms with van der Waals surface area (Å²) in [5.74, 6) is 0.136. The molecule has 3 nitrogen and oxygen atoms in total. The maximum atomic E-state index is 10.8. The summed E-state index contributed by atoms with van der Waals surface area (Å²) in [6.45, 7) is 1.86. The summed E-state index contributed by atoms with van der Waals surface area (Å²) >= 11 is 0. The molecule has 3 N–H and O–H groups in total. The molecule has 0 aromatic heterocycles. The Bertz CT molecular complexity index is 130. The lowest BCUT2D eigenvalue weighted by molar-refractivity contribution is -0.122. The zero-order valence-electron chi connectivity index (χ0n) is 6.26. The second-order valence-electron chi connectivity index (χ2n) is 2.85. The lowest BCUT2D eigenvalue weighted by Crippen LogP contribution is -2.50. The Balaban J connectivity index is 2.10. The van der Waals surface area contributed by atoms with Crippen LogP contribution in [0.3, 0.4) is 0 Å². The standard InChI is InChI=1S/C7H14N2O/c1-2-7(10)9-6-3-5(8)4-6/h5-6H,2-4,8H2,1H3,(H,9,10). The fourth-order valence-electron chi connectivity index (χ4n) is 1.11. The molecule has 1 fully saturated rings. The van der Waals surface area contributed by atoms with E-state index in [2.05, 4.69) is 5.32 Å². The van der Waals surface area contributed by atoms with E-state index in [1.807, 2.05) is 6.92 Å². The molecule has 1 saturated carbocycles. The quantitative estimate of drug-likeness (QED) is 0.570. The van der Waals surface area contributed by atoms with Gasteiger partial charge in [-0.25, -0.2) is 0 Å². The van der Waals surface area contributed by atoms with E-state index < -0.39 is 0 Å². The molecule has 0 atom stereocenters. The van der Waals surface area contributed by atoms with Gasteiger partial charge >= 0.3 is 0 Å². The second kappa shape index (κ2) is 3.01. The van der Waals surface area contributed by atoms with E-state index in [4.69, 9.17) is 5.73 Å². The normalized spacial score (nSPS) is 31.0. The average molecular weight is 142 g/mol. The van der Waals surface area contributed by atoms with Crippen molar-refractivity contribution in [3.05, 3.63) is 0 Å². The van der Waals surface area contributed by atoms with E-state index in [0.717, 1.165) is 12.8 Å². The summed E-state index contributed by atoms with van der Waals surface area (Å²) in [5, 5.41) is 2.88. The SMILES string of the molecule is CCC(=O)NC1CC(N)C1. The molecule has 0 bridgehead atoms. The van der Waals surface area contributed by atoms with Crippen LogP contribution in [0.25, 0.3) is 0 Å². The van der Waals surface area contributed by atoms with Gasteiger partial charge in [0.2, 0.25) is 5.91 Å². The van der Waals surface area contributed by atoms with Crippen molar-refractivity contribution in [2.24, 2.45) is 5.73 Å². The van der Waals surface area contributed by atoms with Crippen molar-refractivity contribution in [1.82, 2.24) is 5.32 Å². The molecule has 1 aliphatic rings. The number of hydrogen-bond acceptors (Lipinski definition) is 2. The third kappa shape index (κ3) is 1.70. The van der Waals surface area contributed by atoms with E-state index in [-0.39, 0.29) is 5.91 Å². The van der Waals surface area contributed by atoms with Crippen molar-refractivity contribution in [3.8, 4) is 0 Å². The van der Waals surface area contributed by atoms with Crippen LogP contribution in [0.5, 0.6) is 0 Å². The molecule has 0 aliphatic heterocycles. The molecule has 1 amide bonds. The lowest BCUT2D eigenvalue weighted by atomic mass is 9.87. The smallest absolute Gasteiger partial charge is 0.219 e. The zero-order chi connectivity index (χ0) is 7.56. The summed E-state index contributed by atoms with van der Waals surface area (Å²) < 4.78 is 0. The molecule has 58 valence electrons. The molecule has 1 aliphatic carbocycles. The molecule has 0 aromatic carbocycles. The predicted octanol–water partition coefficient (Wildman–Crippen LogP) is 0.00230. The summed E-state index contributed by atoms with van der Waals surface area (Å²) in [5.41, 5.74) is 5.53. The van der Waals surface area contributed by atoms with Crippen LogP contribution in [-0.4, -0.2) is 18.0 Å². The zero-order valence-corrected chi connectivity index (χ0v) is 6.26. The number of nitrogens with one attached hydrogen (secondary N) is 1. The summed E-state index contributed by atoms with van der Waals surface area (Å²) in [6.07, 6.45) is 2.48. The molecule has 0 radical (unpaired) electrons. The highest BCUT2D eigenvalue weighted by molar-refractivity contribution is 5.75. The Morgan fingerprint density at radius 3 is 2.70 bits per heavy atom. The van der Waals surface area contributed by atoms with Crippen LogP contribution >= 0.6 is 0 Å². The van der Waals surface area contributed by atoms with Gasteiger partial charge < -0.3 is 11.1 Å². The largest absolute Gasteiger partial charge is 0.353 e. The molecule has 0 unspecified atom stereocenters. The van der Waals surface area contributed by atoms with Gasteiger partial charge in [0, 0.05) is 18.5 Å². The van der Waals surface area contributed by atoms with Crippen LogP contribution in [0.4, 0.5) is 0 Å². The van der Waals surface area contributed by atoms with Gasteiger partial charge in [-0.1, -0.05) is 6.92 Å². The van der Waals surface area contributed by atoms with Crippen molar-refractivity contribution < 1.29 is 4.79 Å². The minimum Gasteiger partial charge on any atom is -0.353 e. The minimum atomic E-state index is 0.136. The lowest BCUT2D eigenvalue weighted by Gasteiger charge is -2.32. The van der Waals surface area contributed by atoms with Gasteiger partial charge in [-0.3, -0.25) is 4.79 Å². The molecule has 10 heavy (non-hydrogen) atoms. The Hall–Kier alpha value is -0.570. The molecular weight excluding hydrogens is 128 g/mol. The minimum absolute atomic E-state index is 0.136. The van der Waals surface area contributed by atoms with Gasteiger partial charge in [0.25, 0.3) is 0 Å². The molecule has 3 heteroatoms. The van der Waals surface area contributed by atoms with Crippen LogP contribution < -0.4 is 11.1 Å². The van der Waals surface area contributed by atoms with Crippen LogP contribution in [0.2, 0.25) is 0 Å². The van der Waals surface area contributed by atoms with E-state index in [0.29, 0.717) is 18.5 Å². The fourth-order valence-corrected chi connectivity index (χ4v) is 1.11. The number of carbonyl (C=O) groups is 1. The second-order valence-corrected chi connectivity index (χ2v) is 2.85. The van der Waals surface area contributed by atoms with Crippen molar-refractivity contribution >= 4 is 5.91 Å². The van der Waals surface area contributed by atoms with Gasteiger partial charge in [0.15, 0.2) is 0 Å². The number of amides is 1. The monoisotopic (exact) mass is 142 g/mol. The Morgan fingerprint density at radius 1 is 1.70 bits per heavy atom. The first-order valence-corrected chi connectivity index (χ1v) is 3.77. The molecular formula is C7H14N2O. The highest BCUT2D eigenvalue weighted by atomic mass is 16.1. The third-order valence-corrected chi connectivity index (χ3v) is 1.86. The Labute approximate surface area is 61.0 Å². The summed E-state index contributed by atoms with van der Waals surface area (Å²) in [7, 11) is 0. The maximum absolute atomic E-state index is 10.8. The number of nitrogens with two attached hydrogens (primary N) is 1. The van der Waals surface area contributed by atoms with Gasteiger partial charge in [-0.2, -0.15) is 0 Å². The number of rotatable bonds is 2. The van der Waals surface area contributed by atoms with E-state index in [9.17, 15) is 4.79 Å². The summed E-state index contributed by atoms with van der Waals surface area (Å²) in [6, 6.07) is 0.685. The van der Waals surface area contributed by atoms with Crippen molar-refractivity contribution in [3.63, 3.8) is 0 Å². The first kappa shape index (κ1) is 7.54. The summed E-state index contributed by atoms with van der Waals surface area (Å²) in [4.78, 5) is 10.8. The van der Waals surface area contributed by atoms with Crippen molar-refractivity contribution in [2.75, 3.05) is 0 Å². The molecule has 1 rings (SSSR count). The molecule has 0 aromatic rings. The van der Waals surface area contributed by atoms with Gasteiger partial charge in [0.1, 0.15) is 0 Å². The van der Waals surface area contributed by atoms with Crippen LogP contribution in [0.15, 0.2) is 0 Å². The van der Waals surface area contributed by atoms with E-state index >= 15 is 0 Å². The molecule has 0 spiro atoms. The van der Waals surface area contributed by atoms with Crippen molar-refractivity contribution in [1.29, 1.82) is 0 Å². The van der Waals surface area contributed by atoms with Crippen LogP contribution in [0, 0.1) is 0 Å². The fraction of sp³-hybridized carbons (Fsp3) is 0.857.